The Kier molecular flexibility index (Phi) is 5.98. The molecule has 1 aromatic carbocycles. The molecule has 0 bridgehead atoms. The van der Waals surface area contributed by atoms with E-state index >= 15 is 0 Å². The van der Waals surface area contributed by atoms with Gasteiger partial charge in [-0.3, -0.25) is 14.4 Å². The van der Waals surface area contributed by atoms with Gasteiger partial charge in [0.1, 0.15) is 12.5 Å². The molecule has 0 spiro atoms. The van der Waals surface area contributed by atoms with Crippen LogP contribution in [0.4, 0.5) is 0 Å². The second-order valence-corrected chi connectivity index (χ2v) is 3.90. The molecule has 0 fully saturated rings. The summed E-state index contributed by atoms with van der Waals surface area (Å²) in [6, 6.07) is 9.20. The molecule has 6 heteroatoms. The van der Waals surface area contributed by atoms with Crippen molar-refractivity contribution in [1.82, 2.24) is 5.06 Å². The monoisotopic (exact) mass is 266 g/mol. The molecule has 0 heterocycles. The summed E-state index contributed by atoms with van der Waals surface area (Å²) in [6.07, 6.45) is 0. The van der Waals surface area contributed by atoms with E-state index in [-0.39, 0.29) is 13.2 Å². The molecule has 0 aliphatic heterocycles. The highest BCUT2D eigenvalue weighted by atomic mass is 16.7. The summed E-state index contributed by atoms with van der Waals surface area (Å²) >= 11 is 0. The first-order valence-corrected chi connectivity index (χ1v) is 5.82. The van der Waals surface area contributed by atoms with Crippen LogP contribution in [0.1, 0.15) is 5.56 Å². The quantitative estimate of drug-likeness (QED) is 0.455. The van der Waals surface area contributed by atoms with Crippen LogP contribution < -0.4 is 5.73 Å². The molecule has 19 heavy (non-hydrogen) atoms. The molecule has 0 aliphatic carbocycles. The number of nitrogens with zero attached hydrogens (tertiary/aromatic N) is 1. The van der Waals surface area contributed by atoms with Gasteiger partial charge in [-0.25, -0.2) is 5.06 Å². The van der Waals surface area contributed by atoms with E-state index in [1.165, 1.54) is 14.2 Å². The second-order valence-electron chi connectivity index (χ2n) is 3.90. The zero-order valence-corrected chi connectivity index (χ0v) is 11.0. The number of hydroxylamine groups is 2. The highest BCUT2D eigenvalue weighted by Gasteiger charge is 2.29. The Morgan fingerprint density at radius 2 is 1.95 bits per heavy atom. The SMILES string of the molecule is CON(C)C(=O)[C@H](CN)C(=O)OCc1ccccc1. The van der Waals surface area contributed by atoms with Gasteiger partial charge in [0.2, 0.25) is 0 Å². The molecule has 2 N–H and O–H groups in total. The number of hydrogen-bond donors (Lipinski definition) is 1. The van der Waals surface area contributed by atoms with E-state index in [2.05, 4.69) is 0 Å². The average molecular weight is 266 g/mol. The van der Waals surface area contributed by atoms with E-state index in [0.29, 0.717) is 0 Å². The minimum atomic E-state index is -1.05. The number of carbonyl (C=O) groups is 2. The fraction of sp³-hybridized carbons (Fsp3) is 0.385. The van der Waals surface area contributed by atoms with E-state index in [1.807, 2.05) is 30.3 Å². The molecule has 0 aliphatic rings. The van der Waals surface area contributed by atoms with Crippen LogP contribution in [0.3, 0.4) is 0 Å². The number of esters is 1. The van der Waals surface area contributed by atoms with E-state index < -0.39 is 17.8 Å². The van der Waals surface area contributed by atoms with Crippen molar-refractivity contribution in [3.63, 3.8) is 0 Å². The Morgan fingerprint density at radius 3 is 2.47 bits per heavy atom. The number of carbonyl (C=O) groups excluding carboxylic acids is 2. The van der Waals surface area contributed by atoms with Crippen molar-refractivity contribution in [2.75, 3.05) is 20.7 Å². The van der Waals surface area contributed by atoms with Gasteiger partial charge in [-0.15, -0.1) is 0 Å². The highest BCUT2D eigenvalue weighted by Crippen LogP contribution is 2.07. The standard InChI is InChI=1S/C13H18N2O4/c1-15(18-2)12(16)11(8-14)13(17)19-9-10-6-4-3-5-7-10/h3-7,11H,8-9,14H2,1-2H3/t11-/m0/s1. The van der Waals surface area contributed by atoms with Crippen LogP contribution in [0.2, 0.25) is 0 Å². The predicted molar refractivity (Wildman–Crippen MR) is 68.6 cm³/mol. The molecule has 0 radical (unpaired) electrons. The molecule has 1 aromatic rings. The van der Waals surface area contributed by atoms with Gasteiger partial charge >= 0.3 is 5.97 Å². The number of benzene rings is 1. The van der Waals surface area contributed by atoms with Gasteiger partial charge in [-0.1, -0.05) is 30.3 Å². The highest BCUT2D eigenvalue weighted by molar-refractivity contribution is 5.97. The topological polar surface area (TPSA) is 81.9 Å². The van der Waals surface area contributed by atoms with Gasteiger partial charge in [0.05, 0.1) is 7.11 Å². The maximum Gasteiger partial charge on any atom is 0.320 e. The normalized spacial score (nSPS) is 11.7. The van der Waals surface area contributed by atoms with E-state index in [4.69, 9.17) is 15.3 Å². The van der Waals surface area contributed by atoms with Crippen LogP contribution in [0, 0.1) is 5.92 Å². The van der Waals surface area contributed by atoms with Gasteiger partial charge in [0.15, 0.2) is 0 Å². The van der Waals surface area contributed by atoms with Gasteiger partial charge < -0.3 is 10.5 Å². The second kappa shape index (κ2) is 7.50. The Morgan fingerprint density at radius 1 is 1.32 bits per heavy atom. The fourth-order valence-corrected chi connectivity index (χ4v) is 1.44. The lowest BCUT2D eigenvalue weighted by Gasteiger charge is -2.19. The molecule has 1 amide bonds. The Labute approximate surface area is 112 Å². The molecular formula is C13H18N2O4. The zero-order chi connectivity index (χ0) is 14.3. The predicted octanol–water partition coefficient (Wildman–Crippen LogP) is 0.325. The van der Waals surface area contributed by atoms with E-state index in [9.17, 15) is 9.59 Å². The summed E-state index contributed by atoms with van der Waals surface area (Å²) in [7, 11) is 2.75. The summed E-state index contributed by atoms with van der Waals surface area (Å²) < 4.78 is 5.07. The van der Waals surface area contributed by atoms with Crippen molar-refractivity contribution in [2.45, 2.75) is 6.61 Å². The number of rotatable bonds is 6. The van der Waals surface area contributed by atoms with Crippen LogP contribution >= 0.6 is 0 Å². The Balaban J connectivity index is 2.57. The Bertz CT molecular complexity index is 422. The van der Waals surface area contributed by atoms with Crippen molar-refractivity contribution in [1.29, 1.82) is 0 Å². The number of amides is 1. The van der Waals surface area contributed by atoms with Gasteiger partial charge in [0.25, 0.3) is 5.91 Å². The van der Waals surface area contributed by atoms with Crippen LogP contribution in [0.15, 0.2) is 30.3 Å². The number of hydrogen-bond acceptors (Lipinski definition) is 5. The van der Waals surface area contributed by atoms with Crippen LogP contribution in [0.25, 0.3) is 0 Å². The van der Waals surface area contributed by atoms with E-state index in [1.54, 1.807) is 0 Å². The summed E-state index contributed by atoms with van der Waals surface area (Å²) in [5.41, 5.74) is 6.28. The molecule has 1 atom stereocenters. The summed E-state index contributed by atoms with van der Waals surface area (Å²) in [5, 5.41) is 0.960. The molecule has 1 rings (SSSR count). The Hall–Kier alpha value is -1.92. The van der Waals surface area contributed by atoms with Crippen molar-refractivity contribution in [3.8, 4) is 0 Å². The average Bonchev–Trinajstić information content (AvgIpc) is 2.45. The molecule has 0 aromatic heterocycles. The third-order valence-corrected chi connectivity index (χ3v) is 2.63. The lowest BCUT2D eigenvalue weighted by Crippen LogP contribution is -2.41. The first-order chi connectivity index (χ1) is 9.10. The molecule has 0 saturated carbocycles. The lowest BCUT2D eigenvalue weighted by molar-refractivity contribution is -0.179. The molecule has 104 valence electrons. The third kappa shape index (κ3) is 4.35. The van der Waals surface area contributed by atoms with Crippen molar-refractivity contribution < 1.29 is 19.2 Å². The fourth-order valence-electron chi connectivity index (χ4n) is 1.44. The smallest absolute Gasteiger partial charge is 0.320 e. The summed E-state index contributed by atoms with van der Waals surface area (Å²) in [4.78, 5) is 28.3. The minimum Gasteiger partial charge on any atom is -0.460 e. The van der Waals surface area contributed by atoms with Crippen molar-refractivity contribution >= 4 is 11.9 Å². The largest absolute Gasteiger partial charge is 0.460 e. The summed E-state index contributed by atoms with van der Waals surface area (Å²) in [6.45, 7) is -0.0136. The zero-order valence-electron chi connectivity index (χ0n) is 11.0. The van der Waals surface area contributed by atoms with Crippen LogP contribution in [0.5, 0.6) is 0 Å². The van der Waals surface area contributed by atoms with Crippen molar-refractivity contribution in [3.05, 3.63) is 35.9 Å². The summed E-state index contributed by atoms with van der Waals surface area (Å²) in [5.74, 6) is -2.23. The molecule has 0 saturated heterocycles. The van der Waals surface area contributed by atoms with Crippen LogP contribution in [-0.2, 0) is 25.8 Å². The first kappa shape index (κ1) is 15.1. The maximum atomic E-state index is 11.8. The number of nitrogens with two attached hydrogens (primary N) is 1. The van der Waals surface area contributed by atoms with Crippen molar-refractivity contribution in [2.24, 2.45) is 11.7 Å². The van der Waals surface area contributed by atoms with Gasteiger partial charge in [-0.2, -0.15) is 0 Å². The van der Waals surface area contributed by atoms with Crippen LogP contribution in [-0.4, -0.2) is 37.6 Å². The third-order valence-electron chi connectivity index (χ3n) is 2.63. The minimum absolute atomic E-state index is 0.111. The van der Waals surface area contributed by atoms with Gasteiger partial charge in [0, 0.05) is 13.6 Å². The lowest BCUT2D eigenvalue weighted by atomic mass is 10.1. The number of ether oxygens (including phenoxy) is 1. The maximum absolute atomic E-state index is 11.8. The van der Waals surface area contributed by atoms with E-state index in [0.717, 1.165) is 10.6 Å². The molecule has 0 unspecified atom stereocenters. The van der Waals surface area contributed by atoms with Gasteiger partial charge in [-0.05, 0) is 5.56 Å². The molecule has 6 nitrogen and oxygen atoms in total. The molecular weight excluding hydrogens is 248 g/mol. The first-order valence-electron chi connectivity index (χ1n) is 5.82.